The molecule has 0 radical (unpaired) electrons. The number of hydrogen-bond donors (Lipinski definition) is 1. The zero-order chi connectivity index (χ0) is 7.98. The Morgan fingerprint density at radius 3 is 2.50 bits per heavy atom. The molecule has 0 amide bonds. The lowest BCUT2D eigenvalue weighted by Crippen LogP contribution is -2.19. The minimum atomic E-state index is -2.56. The van der Waals surface area contributed by atoms with Gasteiger partial charge in [0.25, 0.3) is 6.47 Å². The van der Waals surface area contributed by atoms with Crippen molar-refractivity contribution >= 4 is 6.47 Å². The fourth-order valence-electron chi connectivity index (χ4n) is 0.450. The third kappa shape index (κ3) is 4.20. The molecule has 3 nitrogen and oxygen atoms in total. The number of carbonyl (C=O) groups is 1. The predicted molar refractivity (Wildman–Crippen MR) is 28.6 cm³/mol. The highest BCUT2D eigenvalue weighted by Gasteiger charge is 2.14. The molecule has 0 unspecified atom stereocenters. The van der Waals surface area contributed by atoms with Crippen molar-refractivity contribution in [1.29, 1.82) is 0 Å². The molecule has 0 fully saturated rings. The molecule has 10 heavy (non-hydrogen) atoms. The van der Waals surface area contributed by atoms with Gasteiger partial charge in [-0.05, 0) is 0 Å². The van der Waals surface area contributed by atoms with Gasteiger partial charge in [-0.25, -0.2) is 8.78 Å². The van der Waals surface area contributed by atoms with Crippen LogP contribution in [0.25, 0.3) is 0 Å². The number of carbonyl (C=O) groups excluding carboxylic acids is 1. The van der Waals surface area contributed by atoms with Gasteiger partial charge in [0, 0.05) is 6.42 Å². The zero-order valence-electron chi connectivity index (χ0n) is 5.17. The van der Waals surface area contributed by atoms with E-state index in [9.17, 15) is 13.6 Å². The zero-order valence-corrected chi connectivity index (χ0v) is 5.17. The summed E-state index contributed by atoms with van der Waals surface area (Å²) in [6.07, 6.45) is -4.25. The topological polar surface area (TPSA) is 46.5 Å². The SMILES string of the molecule is O=CO[C@H](CO)CC(F)F. The minimum absolute atomic E-state index is 0.0449. The number of hydrogen-bond acceptors (Lipinski definition) is 3. The van der Waals surface area contributed by atoms with Crippen molar-refractivity contribution in [2.75, 3.05) is 6.61 Å². The second-order valence-electron chi connectivity index (χ2n) is 1.66. The summed E-state index contributed by atoms with van der Waals surface area (Å²) in [5.74, 6) is 0. The van der Waals surface area contributed by atoms with E-state index in [1.807, 2.05) is 0 Å². The van der Waals surface area contributed by atoms with E-state index < -0.39 is 25.6 Å². The van der Waals surface area contributed by atoms with Gasteiger partial charge in [-0.15, -0.1) is 0 Å². The average Bonchev–Trinajstić information content (AvgIpc) is 1.86. The van der Waals surface area contributed by atoms with Crippen LogP contribution >= 0.6 is 0 Å². The molecular weight excluding hydrogens is 146 g/mol. The maximum Gasteiger partial charge on any atom is 0.293 e. The number of ether oxygens (including phenoxy) is 1. The number of halogens is 2. The first-order valence-electron chi connectivity index (χ1n) is 2.68. The van der Waals surface area contributed by atoms with Crippen molar-refractivity contribution in [3.63, 3.8) is 0 Å². The molecule has 5 heteroatoms. The van der Waals surface area contributed by atoms with Gasteiger partial charge in [0.05, 0.1) is 6.61 Å². The highest BCUT2D eigenvalue weighted by atomic mass is 19.3. The third-order valence-corrected chi connectivity index (χ3v) is 0.893. The molecule has 60 valence electrons. The largest absolute Gasteiger partial charge is 0.462 e. The summed E-state index contributed by atoms with van der Waals surface area (Å²) in [6.45, 7) is -0.521. The Hall–Kier alpha value is -0.710. The fraction of sp³-hybridized carbons (Fsp3) is 0.800. The van der Waals surface area contributed by atoms with Crippen molar-refractivity contribution in [3.05, 3.63) is 0 Å². The molecule has 0 aliphatic heterocycles. The van der Waals surface area contributed by atoms with Crippen molar-refractivity contribution in [2.45, 2.75) is 19.0 Å². The van der Waals surface area contributed by atoms with E-state index in [4.69, 9.17) is 5.11 Å². The van der Waals surface area contributed by atoms with Gasteiger partial charge in [0.15, 0.2) is 0 Å². The summed E-state index contributed by atoms with van der Waals surface area (Å²) >= 11 is 0. The van der Waals surface area contributed by atoms with Crippen molar-refractivity contribution in [2.24, 2.45) is 0 Å². The van der Waals surface area contributed by atoms with Crippen LogP contribution in [0.5, 0.6) is 0 Å². The average molecular weight is 154 g/mol. The molecule has 1 N–H and O–H groups in total. The van der Waals surface area contributed by atoms with Gasteiger partial charge in [-0.2, -0.15) is 0 Å². The van der Waals surface area contributed by atoms with Gasteiger partial charge in [-0.1, -0.05) is 0 Å². The molecule has 0 aromatic carbocycles. The van der Waals surface area contributed by atoms with E-state index in [2.05, 4.69) is 4.74 Å². The maximum atomic E-state index is 11.5. The van der Waals surface area contributed by atoms with Gasteiger partial charge >= 0.3 is 0 Å². The highest BCUT2D eigenvalue weighted by molar-refractivity contribution is 5.37. The Labute approximate surface area is 56.6 Å². The second kappa shape index (κ2) is 5.10. The monoisotopic (exact) mass is 154 g/mol. The Morgan fingerprint density at radius 2 is 2.20 bits per heavy atom. The lowest BCUT2D eigenvalue weighted by molar-refractivity contribution is -0.137. The normalized spacial score (nSPS) is 13.2. The van der Waals surface area contributed by atoms with E-state index in [0.29, 0.717) is 0 Å². The van der Waals surface area contributed by atoms with Gasteiger partial charge in [0.1, 0.15) is 6.10 Å². The first kappa shape index (κ1) is 9.29. The third-order valence-electron chi connectivity index (χ3n) is 0.893. The Bertz CT molecular complexity index is 96.9. The van der Waals surface area contributed by atoms with E-state index in [1.54, 1.807) is 0 Å². The van der Waals surface area contributed by atoms with Crippen LogP contribution in [0, 0.1) is 0 Å². The number of rotatable bonds is 5. The van der Waals surface area contributed by atoms with Gasteiger partial charge in [0.2, 0.25) is 6.43 Å². The molecule has 0 aliphatic carbocycles. The van der Waals surface area contributed by atoms with Crippen LogP contribution in [0.1, 0.15) is 6.42 Å². The van der Waals surface area contributed by atoms with Crippen LogP contribution in [0.15, 0.2) is 0 Å². The molecule has 0 saturated carbocycles. The summed E-state index contributed by atoms with van der Waals surface area (Å²) < 4.78 is 27.1. The molecule has 0 saturated heterocycles. The number of alkyl halides is 2. The summed E-state index contributed by atoms with van der Waals surface area (Å²) in [7, 11) is 0. The van der Waals surface area contributed by atoms with Crippen molar-refractivity contribution in [3.8, 4) is 0 Å². The van der Waals surface area contributed by atoms with E-state index >= 15 is 0 Å². The molecule has 0 bridgehead atoms. The molecule has 1 atom stereocenters. The van der Waals surface area contributed by atoms with Crippen LogP contribution in [-0.2, 0) is 9.53 Å². The smallest absolute Gasteiger partial charge is 0.293 e. The summed E-state index contributed by atoms with van der Waals surface area (Å²) in [6, 6.07) is 0. The summed E-state index contributed by atoms with van der Waals surface area (Å²) in [5, 5.41) is 8.29. The van der Waals surface area contributed by atoms with E-state index in [1.165, 1.54) is 0 Å². The van der Waals surface area contributed by atoms with Gasteiger partial charge < -0.3 is 9.84 Å². The first-order valence-corrected chi connectivity index (χ1v) is 2.68. The maximum absolute atomic E-state index is 11.5. The summed E-state index contributed by atoms with van der Waals surface area (Å²) in [4.78, 5) is 9.58. The molecule has 0 aromatic heterocycles. The predicted octanol–water partition coefficient (Wildman–Crippen LogP) is 0.175. The van der Waals surface area contributed by atoms with Crippen molar-refractivity contribution in [1.82, 2.24) is 0 Å². The Kier molecular flexibility index (Phi) is 4.74. The standard InChI is InChI=1S/C5H8F2O3/c6-5(7)1-4(2-8)10-3-9/h3-5,8H,1-2H2/t4-/m0/s1. The molecule has 0 rings (SSSR count). The quantitative estimate of drug-likeness (QED) is 0.574. The molecule has 0 heterocycles. The Morgan fingerprint density at radius 1 is 1.60 bits per heavy atom. The lowest BCUT2D eigenvalue weighted by Gasteiger charge is -2.09. The molecular formula is C5H8F2O3. The summed E-state index contributed by atoms with van der Waals surface area (Å²) in [5.41, 5.74) is 0. The van der Waals surface area contributed by atoms with Gasteiger partial charge in [-0.3, -0.25) is 4.79 Å². The number of aliphatic hydroxyl groups excluding tert-OH is 1. The van der Waals surface area contributed by atoms with Crippen LogP contribution in [0.4, 0.5) is 8.78 Å². The first-order chi connectivity index (χ1) is 4.70. The number of aliphatic hydroxyl groups is 1. The molecule has 0 aromatic rings. The van der Waals surface area contributed by atoms with E-state index in [-0.39, 0.29) is 6.47 Å². The van der Waals surface area contributed by atoms with Crippen LogP contribution in [0.2, 0.25) is 0 Å². The van der Waals surface area contributed by atoms with Crippen LogP contribution in [-0.4, -0.2) is 30.7 Å². The second-order valence-corrected chi connectivity index (χ2v) is 1.66. The minimum Gasteiger partial charge on any atom is -0.462 e. The lowest BCUT2D eigenvalue weighted by atomic mass is 10.3. The Balaban J connectivity index is 3.48. The van der Waals surface area contributed by atoms with Crippen LogP contribution < -0.4 is 0 Å². The fourth-order valence-corrected chi connectivity index (χ4v) is 0.450. The highest BCUT2D eigenvalue weighted by Crippen LogP contribution is 2.05. The van der Waals surface area contributed by atoms with Crippen molar-refractivity contribution < 1.29 is 23.4 Å². The van der Waals surface area contributed by atoms with E-state index in [0.717, 1.165) is 0 Å². The molecule has 0 aliphatic rings. The van der Waals surface area contributed by atoms with Crippen LogP contribution in [0.3, 0.4) is 0 Å². The molecule has 0 spiro atoms.